The summed E-state index contributed by atoms with van der Waals surface area (Å²) in [6, 6.07) is 7.43. The molecule has 7 heteroatoms. The van der Waals surface area contributed by atoms with Gasteiger partial charge in [0.1, 0.15) is 5.65 Å². The second-order valence-corrected chi connectivity index (χ2v) is 5.56. The molecule has 0 saturated heterocycles. The molecule has 0 atom stereocenters. The number of hydrogen-bond acceptors (Lipinski definition) is 4. The summed E-state index contributed by atoms with van der Waals surface area (Å²) >= 11 is 0. The molecule has 7 nitrogen and oxygen atoms in total. The average molecular weight is 325 g/mol. The Morgan fingerprint density at radius 3 is 2.75 bits per heavy atom. The summed E-state index contributed by atoms with van der Waals surface area (Å²) in [4.78, 5) is 30.7. The monoisotopic (exact) mass is 325 g/mol. The maximum Gasteiger partial charge on any atom is 0.260 e. The average Bonchev–Trinajstić information content (AvgIpc) is 2.92. The fraction of sp³-hybridized carbons (Fsp3) is 0.235. The molecule has 0 fully saturated rings. The first-order valence-electron chi connectivity index (χ1n) is 7.67. The highest BCUT2D eigenvalue weighted by Crippen LogP contribution is 2.27. The van der Waals surface area contributed by atoms with Gasteiger partial charge >= 0.3 is 0 Å². The van der Waals surface area contributed by atoms with Gasteiger partial charge in [0, 0.05) is 37.5 Å². The molecule has 3 rings (SSSR count). The van der Waals surface area contributed by atoms with E-state index in [0.717, 1.165) is 16.8 Å². The highest BCUT2D eigenvalue weighted by atomic mass is 16.1. The second kappa shape index (κ2) is 6.67. The zero-order valence-electron chi connectivity index (χ0n) is 13.6. The van der Waals surface area contributed by atoms with Crippen LogP contribution in [0.5, 0.6) is 0 Å². The van der Waals surface area contributed by atoms with E-state index in [4.69, 9.17) is 0 Å². The van der Waals surface area contributed by atoms with Crippen molar-refractivity contribution < 1.29 is 4.79 Å². The number of benzene rings is 1. The molecule has 1 amide bonds. The van der Waals surface area contributed by atoms with Gasteiger partial charge in [-0.2, -0.15) is 0 Å². The molecule has 0 saturated carbocycles. The second-order valence-electron chi connectivity index (χ2n) is 5.56. The summed E-state index contributed by atoms with van der Waals surface area (Å²) in [6.07, 6.45) is 3.70. The maximum absolute atomic E-state index is 12.1. The molecule has 0 spiro atoms. The number of aryl methyl sites for hydroxylation is 1. The lowest BCUT2D eigenvalue weighted by molar-refractivity contribution is -0.116. The fourth-order valence-electron chi connectivity index (χ4n) is 2.63. The molecule has 0 unspecified atom stereocenters. The quantitative estimate of drug-likeness (QED) is 0.662. The van der Waals surface area contributed by atoms with Gasteiger partial charge in [-0.15, -0.1) is 0 Å². The Hall–Kier alpha value is -2.93. The van der Waals surface area contributed by atoms with Gasteiger partial charge in [0.15, 0.2) is 0 Å². The summed E-state index contributed by atoms with van der Waals surface area (Å²) in [5, 5.41) is 6.34. The van der Waals surface area contributed by atoms with Gasteiger partial charge in [-0.3, -0.25) is 9.59 Å². The Morgan fingerprint density at radius 1 is 1.29 bits per heavy atom. The van der Waals surface area contributed by atoms with E-state index in [1.54, 1.807) is 0 Å². The third kappa shape index (κ3) is 3.07. The van der Waals surface area contributed by atoms with Gasteiger partial charge in [0.25, 0.3) is 5.56 Å². The summed E-state index contributed by atoms with van der Waals surface area (Å²) in [5.41, 5.74) is 2.91. The van der Waals surface area contributed by atoms with Crippen molar-refractivity contribution in [3.63, 3.8) is 0 Å². The van der Waals surface area contributed by atoms with Crippen LogP contribution in [0.15, 0.2) is 41.6 Å². The highest BCUT2D eigenvalue weighted by molar-refractivity contribution is 5.94. The molecule has 24 heavy (non-hydrogen) atoms. The lowest BCUT2D eigenvalue weighted by atomic mass is 10.1. The Bertz CT molecular complexity index is 924. The summed E-state index contributed by atoms with van der Waals surface area (Å²) in [6.45, 7) is 0.635. The van der Waals surface area contributed by atoms with Crippen LogP contribution >= 0.6 is 0 Å². The van der Waals surface area contributed by atoms with E-state index in [0.29, 0.717) is 24.0 Å². The lowest BCUT2D eigenvalue weighted by Crippen LogP contribution is -2.18. The van der Waals surface area contributed by atoms with Crippen LogP contribution in [0.3, 0.4) is 0 Å². The van der Waals surface area contributed by atoms with Gasteiger partial charge in [-0.1, -0.05) is 12.1 Å². The molecule has 3 N–H and O–H groups in total. The standard InChI is InChI=1S/C17H19N5O2/c1-18-8-7-14(23)21-12-5-3-11(4-6-12)13-9-22(2)16-15(13)17(24)20-10-19-16/h3-6,9-10,18H,7-8H2,1-2H3,(H,21,23)(H,19,20,24). The van der Waals surface area contributed by atoms with Gasteiger partial charge in [0.05, 0.1) is 11.7 Å². The molecule has 0 radical (unpaired) electrons. The van der Waals surface area contributed by atoms with Crippen molar-refractivity contribution in [2.75, 3.05) is 18.9 Å². The molecule has 124 valence electrons. The number of amides is 1. The highest BCUT2D eigenvalue weighted by Gasteiger charge is 2.13. The molecule has 0 aliphatic heterocycles. The van der Waals surface area contributed by atoms with E-state index in [9.17, 15) is 9.59 Å². The van der Waals surface area contributed by atoms with E-state index in [1.165, 1.54) is 6.33 Å². The van der Waals surface area contributed by atoms with Crippen molar-refractivity contribution in [3.8, 4) is 11.1 Å². The smallest absolute Gasteiger partial charge is 0.260 e. The van der Waals surface area contributed by atoms with Crippen molar-refractivity contribution in [2.45, 2.75) is 6.42 Å². The Kier molecular flexibility index (Phi) is 4.43. The Labute approximate surface area is 138 Å². The van der Waals surface area contributed by atoms with Crippen LogP contribution in [0.1, 0.15) is 6.42 Å². The topological polar surface area (TPSA) is 91.8 Å². The minimum Gasteiger partial charge on any atom is -0.335 e. The van der Waals surface area contributed by atoms with Gasteiger partial charge in [-0.25, -0.2) is 4.98 Å². The van der Waals surface area contributed by atoms with Crippen molar-refractivity contribution in [1.29, 1.82) is 0 Å². The van der Waals surface area contributed by atoms with E-state index >= 15 is 0 Å². The predicted octanol–water partition coefficient (Wildman–Crippen LogP) is 1.48. The van der Waals surface area contributed by atoms with Crippen LogP contribution in [0.2, 0.25) is 0 Å². The molecule has 0 aliphatic rings. The van der Waals surface area contributed by atoms with Crippen molar-refractivity contribution in [2.24, 2.45) is 7.05 Å². The molecule has 2 heterocycles. The van der Waals surface area contributed by atoms with Gasteiger partial charge < -0.3 is 20.2 Å². The number of carbonyl (C=O) groups excluding carboxylic acids is 1. The number of fused-ring (bicyclic) bond motifs is 1. The first-order valence-corrected chi connectivity index (χ1v) is 7.67. The zero-order chi connectivity index (χ0) is 17.1. The normalized spacial score (nSPS) is 10.9. The minimum absolute atomic E-state index is 0.0390. The number of nitrogens with zero attached hydrogens (tertiary/aromatic N) is 2. The Morgan fingerprint density at radius 2 is 2.04 bits per heavy atom. The molecule has 2 aromatic heterocycles. The number of nitrogens with one attached hydrogen (secondary N) is 3. The summed E-state index contributed by atoms with van der Waals surface area (Å²) in [5.74, 6) is -0.0390. The minimum atomic E-state index is -0.167. The van der Waals surface area contributed by atoms with E-state index in [2.05, 4.69) is 20.6 Å². The van der Waals surface area contributed by atoms with Crippen molar-refractivity contribution in [3.05, 3.63) is 47.1 Å². The van der Waals surface area contributed by atoms with Crippen LogP contribution in [-0.2, 0) is 11.8 Å². The lowest BCUT2D eigenvalue weighted by Gasteiger charge is -2.06. The van der Waals surface area contributed by atoms with Gasteiger partial charge in [-0.05, 0) is 24.7 Å². The van der Waals surface area contributed by atoms with E-state index in [1.807, 2.05) is 49.1 Å². The van der Waals surface area contributed by atoms with E-state index < -0.39 is 0 Å². The molecular formula is C17H19N5O2. The molecule has 1 aromatic carbocycles. The predicted molar refractivity (Wildman–Crippen MR) is 93.9 cm³/mol. The van der Waals surface area contributed by atoms with Crippen LogP contribution in [0, 0.1) is 0 Å². The largest absolute Gasteiger partial charge is 0.335 e. The van der Waals surface area contributed by atoms with Crippen LogP contribution in [0.25, 0.3) is 22.2 Å². The number of aromatic nitrogens is 3. The molecular weight excluding hydrogens is 306 g/mol. The van der Waals surface area contributed by atoms with Crippen LogP contribution in [-0.4, -0.2) is 34.0 Å². The molecule has 0 aliphatic carbocycles. The third-order valence-corrected chi connectivity index (χ3v) is 3.84. The number of aromatic amines is 1. The number of H-pyrrole nitrogens is 1. The third-order valence-electron chi connectivity index (χ3n) is 3.84. The first kappa shape index (κ1) is 15.9. The van der Waals surface area contributed by atoms with Gasteiger partial charge in [0.2, 0.25) is 5.91 Å². The first-order chi connectivity index (χ1) is 11.6. The zero-order valence-corrected chi connectivity index (χ0v) is 13.6. The molecule has 0 bridgehead atoms. The number of carbonyl (C=O) groups is 1. The van der Waals surface area contributed by atoms with Crippen molar-refractivity contribution >= 4 is 22.6 Å². The number of hydrogen-bond donors (Lipinski definition) is 3. The summed E-state index contributed by atoms with van der Waals surface area (Å²) in [7, 11) is 3.66. The fourth-order valence-corrected chi connectivity index (χ4v) is 2.63. The molecule has 3 aromatic rings. The Balaban J connectivity index is 1.89. The van der Waals surface area contributed by atoms with Crippen molar-refractivity contribution in [1.82, 2.24) is 19.9 Å². The van der Waals surface area contributed by atoms with Crippen LogP contribution in [0.4, 0.5) is 5.69 Å². The maximum atomic E-state index is 12.1. The van der Waals surface area contributed by atoms with Crippen LogP contribution < -0.4 is 16.2 Å². The summed E-state index contributed by atoms with van der Waals surface area (Å²) < 4.78 is 1.83. The number of anilines is 1. The van der Waals surface area contributed by atoms with E-state index in [-0.39, 0.29) is 11.5 Å². The SMILES string of the molecule is CNCCC(=O)Nc1ccc(-c2cn(C)c3nc[nH]c(=O)c23)cc1. The number of rotatable bonds is 5.